The van der Waals surface area contributed by atoms with Gasteiger partial charge in [0.15, 0.2) is 0 Å². The van der Waals surface area contributed by atoms with Crippen molar-refractivity contribution in [1.82, 2.24) is 4.90 Å². The number of likely N-dealkylation sites (tertiary alicyclic amines) is 1. The lowest BCUT2D eigenvalue weighted by Crippen LogP contribution is -2.35. The Kier molecular flexibility index (Phi) is 8.51. The molecule has 28 heavy (non-hydrogen) atoms. The number of unbranched alkanes of at least 4 members (excludes halogenated alkanes) is 1. The number of ether oxygens (including phenoxy) is 1. The molecule has 2 fully saturated rings. The highest BCUT2D eigenvalue weighted by Crippen LogP contribution is 2.30. The summed E-state index contributed by atoms with van der Waals surface area (Å²) >= 11 is 0. The number of rotatable bonds is 9. The first-order valence-electron chi connectivity index (χ1n) is 11.9. The van der Waals surface area contributed by atoms with Crippen molar-refractivity contribution < 1.29 is 4.74 Å². The minimum absolute atomic E-state index is 0.241. The van der Waals surface area contributed by atoms with Crippen molar-refractivity contribution in [2.45, 2.75) is 78.2 Å². The van der Waals surface area contributed by atoms with Gasteiger partial charge in [0.2, 0.25) is 0 Å². The summed E-state index contributed by atoms with van der Waals surface area (Å²) in [7, 11) is 0. The molecule has 3 nitrogen and oxygen atoms in total. The fraction of sp³-hybridized carbons (Fsp3) is 0.760. The second kappa shape index (κ2) is 11.1. The number of nitrogens with zero attached hydrogens (tertiary/aromatic N) is 2. The monoisotopic (exact) mass is 386 g/mol. The average Bonchev–Trinajstić information content (AvgIpc) is 2.72. The quantitative estimate of drug-likeness (QED) is 0.519. The van der Waals surface area contributed by atoms with Crippen LogP contribution in [0.1, 0.15) is 72.1 Å². The van der Waals surface area contributed by atoms with Gasteiger partial charge >= 0.3 is 0 Å². The molecule has 3 heteroatoms. The molecule has 2 heterocycles. The third-order valence-corrected chi connectivity index (χ3v) is 6.71. The lowest BCUT2D eigenvalue weighted by molar-refractivity contribution is 0.170. The molecule has 0 atom stereocenters. The highest BCUT2D eigenvalue weighted by atomic mass is 16.5. The lowest BCUT2D eigenvalue weighted by atomic mass is 9.85. The molecule has 0 bridgehead atoms. The van der Waals surface area contributed by atoms with Gasteiger partial charge in [0.05, 0.1) is 6.10 Å². The van der Waals surface area contributed by atoms with E-state index in [1.165, 1.54) is 89.8 Å². The fourth-order valence-corrected chi connectivity index (χ4v) is 4.84. The van der Waals surface area contributed by atoms with Crippen LogP contribution in [0.15, 0.2) is 24.3 Å². The summed E-state index contributed by atoms with van der Waals surface area (Å²) in [6.07, 6.45) is 11.5. The van der Waals surface area contributed by atoms with Crippen LogP contribution < -0.4 is 9.64 Å². The van der Waals surface area contributed by atoms with Crippen LogP contribution in [0, 0.1) is 11.8 Å². The van der Waals surface area contributed by atoms with Crippen molar-refractivity contribution in [2.24, 2.45) is 11.8 Å². The standard InChI is InChI=1S/C25H42N2O/c1-4-5-16-26-17-12-22(13-18-26)6-7-23-14-19-27(20-15-23)24-8-10-25(11-9-24)28-21(2)3/h8-11,21-23H,4-7,12-20H2,1-3H3. The maximum Gasteiger partial charge on any atom is 0.119 e. The highest BCUT2D eigenvalue weighted by Gasteiger charge is 2.23. The van der Waals surface area contributed by atoms with E-state index in [-0.39, 0.29) is 6.10 Å². The third-order valence-electron chi connectivity index (χ3n) is 6.71. The Bertz CT molecular complexity index is 540. The normalized spacial score (nSPS) is 20.1. The van der Waals surface area contributed by atoms with Gasteiger partial charge in [-0.15, -0.1) is 0 Å². The number of hydrogen-bond donors (Lipinski definition) is 0. The van der Waals surface area contributed by atoms with E-state index in [0.29, 0.717) is 0 Å². The maximum absolute atomic E-state index is 5.77. The fourth-order valence-electron chi connectivity index (χ4n) is 4.84. The SMILES string of the molecule is CCCCN1CCC(CCC2CCN(c3ccc(OC(C)C)cc3)CC2)CC1. The summed E-state index contributed by atoms with van der Waals surface area (Å²) in [5, 5.41) is 0. The molecule has 3 rings (SSSR count). The molecule has 2 aliphatic heterocycles. The summed E-state index contributed by atoms with van der Waals surface area (Å²) in [5.41, 5.74) is 1.36. The first kappa shape index (κ1) is 21.5. The van der Waals surface area contributed by atoms with Gasteiger partial charge in [-0.2, -0.15) is 0 Å². The second-order valence-corrected chi connectivity index (χ2v) is 9.31. The van der Waals surface area contributed by atoms with Crippen molar-refractivity contribution in [2.75, 3.05) is 37.6 Å². The minimum atomic E-state index is 0.241. The second-order valence-electron chi connectivity index (χ2n) is 9.31. The average molecular weight is 387 g/mol. The summed E-state index contributed by atoms with van der Waals surface area (Å²) < 4.78 is 5.77. The molecule has 1 aromatic carbocycles. The Morgan fingerprint density at radius 1 is 0.893 bits per heavy atom. The van der Waals surface area contributed by atoms with Gasteiger partial charge in [-0.1, -0.05) is 26.2 Å². The van der Waals surface area contributed by atoms with Crippen molar-refractivity contribution in [1.29, 1.82) is 0 Å². The Morgan fingerprint density at radius 3 is 2.00 bits per heavy atom. The summed E-state index contributed by atoms with van der Waals surface area (Å²) in [5.74, 6) is 2.91. The largest absolute Gasteiger partial charge is 0.491 e. The van der Waals surface area contributed by atoms with Gasteiger partial charge in [0.25, 0.3) is 0 Å². The van der Waals surface area contributed by atoms with Crippen molar-refractivity contribution >= 4 is 5.69 Å². The zero-order valence-corrected chi connectivity index (χ0v) is 18.5. The molecule has 0 N–H and O–H groups in total. The van der Waals surface area contributed by atoms with E-state index in [0.717, 1.165) is 17.6 Å². The van der Waals surface area contributed by atoms with Crippen LogP contribution in [0.2, 0.25) is 0 Å². The molecular weight excluding hydrogens is 344 g/mol. The molecule has 2 aliphatic rings. The number of hydrogen-bond acceptors (Lipinski definition) is 3. The Morgan fingerprint density at radius 2 is 1.46 bits per heavy atom. The number of benzene rings is 1. The van der Waals surface area contributed by atoms with Gasteiger partial charge < -0.3 is 14.5 Å². The molecular formula is C25H42N2O. The van der Waals surface area contributed by atoms with Gasteiger partial charge in [-0.3, -0.25) is 0 Å². The van der Waals surface area contributed by atoms with Crippen molar-refractivity contribution in [3.63, 3.8) is 0 Å². The van der Waals surface area contributed by atoms with E-state index in [1.54, 1.807) is 0 Å². The molecule has 0 aromatic heterocycles. The molecule has 0 unspecified atom stereocenters. The van der Waals surface area contributed by atoms with E-state index < -0.39 is 0 Å². The number of anilines is 1. The van der Waals surface area contributed by atoms with Crippen LogP contribution in [-0.2, 0) is 0 Å². The van der Waals surface area contributed by atoms with Crippen molar-refractivity contribution in [3.8, 4) is 5.75 Å². The summed E-state index contributed by atoms with van der Waals surface area (Å²) in [6.45, 7) is 12.9. The minimum Gasteiger partial charge on any atom is -0.491 e. The Hall–Kier alpha value is -1.22. The number of piperidine rings is 2. The molecule has 158 valence electrons. The van der Waals surface area contributed by atoms with Crippen LogP contribution in [0.4, 0.5) is 5.69 Å². The van der Waals surface area contributed by atoms with Crippen molar-refractivity contribution in [3.05, 3.63) is 24.3 Å². The van der Waals surface area contributed by atoms with E-state index in [4.69, 9.17) is 4.74 Å². The highest BCUT2D eigenvalue weighted by molar-refractivity contribution is 5.49. The first-order chi connectivity index (χ1) is 13.6. The topological polar surface area (TPSA) is 15.7 Å². The summed E-state index contributed by atoms with van der Waals surface area (Å²) in [6, 6.07) is 8.69. The zero-order chi connectivity index (χ0) is 19.8. The lowest BCUT2D eigenvalue weighted by Gasteiger charge is -2.35. The molecule has 0 saturated carbocycles. The van der Waals surface area contributed by atoms with Gasteiger partial charge in [0.1, 0.15) is 5.75 Å². The van der Waals surface area contributed by atoms with Crippen LogP contribution in [0.5, 0.6) is 5.75 Å². The van der Waals surface area contributed by atoms with E-state index in [2.05, 4.69) is 54.8 Å². The molecule has 0 radical (unpaired) electrons. The molecule has 0 amide bonds. The smallest absolute Gasteiger partial charge is 0.119 e. The van der Waals surface area contributed by atoms with E-state index in [9.17, 15) is 0 Å². The van der Waals surface area contributed by atoms with Crippen LogP contribution in [0.25, 0.3) is 0 Å². The van der Waals surface area contributed by atoms with Gasteiger partial charge in [-0.25, -0.2) is 0 Å². The predicted molar refractivity (Wildman–Crippen MR) is 120 cm³/mol. The summed E-state index contributed by atoms with van der Waals surface area (Å²) in [4.78, 5) is 5.25. The first-order valence-corrected chi connectivity index (χ1v) is 11.9. The Labute approximate surface area is 173 Å². The van der Waals surface area contributed by atoms with Crippen LogP contribution >= 0.6 is 0 Å². The van der Waals surface area contributed by atoms with E-state index >= 15 is 0 Å². The molecule has 2 saturated heterocycles. The Balaban J connectivity index is 1.33. The third kappa shape index (κ3) is 6.69. The predicted octanol–water partition coefficient (Wildman–Crippen LogP) is 5.98. The zero-order valence-electron chi connectivity index (χ0n) is 18.5. The van der Waals surface area contributed by atoms with E-state index in [1.807, 2.05) is 0 Å². The molecule has 1 aromatic rings. The molecule has 0 aliphatic carbocycles. The molecule has 0 spiro atoms. The van der Waals surface area contributed by atoms with Crippen LogP contribution in [-0.4, -0.2) is 43.7 Å². The maximum atomic E-state index is 5.77. The van der Waals surface area contributed by atoms with Gasteiger partial charge in [0, 0.05) is 18.8 Å². The van der Waals surface area contributed by atoms with Crippen LogP contribution in [0.3, 0.4) is 0 Å². The van der Waals surface area contributed by atoms with Gasteiger partial charge in [-0.05, 0) is 102 Å².